The molecule has 2 aliphatic rings. The summed E-state index contributed by atoms with van der Waals surface area (Å²) in [5, 5.41) is 21.7. The van der Waals surface area contributed by atoms with Crippen LogP contribution >= 0.6 is 11.6 Å². The molecule has 0 bridgehead atoms. The summed E-state index contributed by atoms with van der Waals surface area (Å²) < 4.78 is 25.0. The van der Waals surface area contributed by atoms with E-state index in [0.29, 0.717) is 54.5 Å². The van der Waals surface area contributed by atoms with Crippen LogP contribution in [-0.4, -0.2) is 80.1 Å². The molecule has 226 valence electrons. The van der Waals surface area contributed by atoms with Crippen molar-refractivity contribution in [3.05, 3.63) is 66.0 Å². The van der Waals surface area contributed by atoms with Crippen LogP contribution in [0.3, 0.4) is 0 Å². The summed E-state index contributed by atoms with van der Waals surface area (Å²) in [6.07, 6.45) is 4.71. The zero-order valence-electron chi connectivity index (χ0n) is 24.3. The molecule has 9 nitrogen and oxygen atoms in total. The molecular formula is C33H32ClFN6O3. The number of fused-ring (bicyclic) bond motifs is 4. The fourth-order valence-corrected chi connectivity index (χ4v) is 6.97. The van der Waals surface area contributed by atoms with Gasteiger partial charge in [0.15, 0.2) is 11.3 Å². The lowest BCUT2D eigenvalue weighted by Crippen LogP contribution is -2.38. The van der Waals surface area contributed by atoms with Gasteiger partial charge in [-0.2, -0.15) is 0 Å². The highest BCUT2D eigenvalue weighted by Gasteiger charge is 2.30. The van der Waals surface area contributed by atoms with Crippen molar-refractivity contribution in [2.24, 2.45) is 0 Å². The van der Waals surface area contributed by atoms with Crippen molar-refractivity contribution >= 4 is 50.2 Å². The molecule has 2 aliphatic heterocycles. The molecule has 1 amide bonds. The summed E-state index contributed by atoms with van der Waals surface area (Å²) in [7, 11) is 2.07. The quantitative estimate of drug-likeness (QED) is 0.230. The number of rotatable bonds is 6. The predicted molar refractivity (Wildman–Crippen MR) is 169 cm³/mol. The summed E-state index contributed by atoms with van der Waals surface area (Å²) in [6.45, 7) is 6.07. The number of benzene rings is 3. The van der Waals surface area contributed by atoms with Gasteiger partial charge in [0.25, 0.3) is 0 Å². The Morgan fingerprint density at radius 2 is 1.93 bits per heavy atom. The molecule has 0 spiro atoms. The fourth-order valence-electron chi connectivity index (χ4n) is 6.67. The van der Waals surface area contributed by atoms with Crippen molar-refractivity contribution in [1.82, 2.24) is 29.8 Å². The number of phenols is 1. The standard InChI is InChI=1S/C33H32ClFN6O3/c1-3-27(43)40-13-10-20(11-14-40)41-32-25-17-26(34)28(24-16-22(42)15-19-7-4-5-9-23(19)24)29(35)30(25)36-33(31(32)37-38-41)44-18-21-8-6-12-39(21)2/h3-5,7,9,15-17,20-21,42H,1,6,8,10-14,18H2,2H3. The first kappa shape index (κ1) is 28.5. The summed E-state index contributed by atoms with van der Waals surface area (Å²) in [4.78, 5) is 20.9. The van der Waals surface area contributed by atoms with Crippen molar-refractivity contribution in [2.45, 2.75) is 37.8 Å². The van der Waals surface area contributed by atoms with Gasteiger partial charge < -0.3 is 19.6 Å². The average Bonchev–Trinajstić information content (AvgIpc) is 3.66. The number of likely N-dealkylation sites (tertiary alicyclic amines) is 2. The molecule has 5 aromatic rings. The van der Waals surface area contributed by atoms with Crippen LogP contribution in [0.4, 0.5) is 4.39 Å². The maximum atomic E-state index is 16.8. The number of ether oxygens (including phenoxy) is 1. The van der Waals surface area contributed by atoms with Gasteiger partial charge in [-0.05, 0) is 79.9 Å². The molecule has 2 aromatic heterocycles. The van der Waals surface area contributed by atoms with Crippen LogP contribution in [0.1, 0.15) is 31.7 Å². The maximum absolute atomic E-state index is 16.8. The number of carbonyl (C=O) groups excluding carboxylic acids is 1. The first-order chi connectivity index (χ1) is 21.3. The van der Waals surface area contributed by atoms with Crippen LogP contribution in [0.5, 0.6) is 11.6 Å². The highest BCUT2D eigenvalue weighted by molar-refractivity contribution is 6.35. The third kappa shape index (κ3) is 4.82. The molecule has 0 saturated carbocycles. The van der Waals surface area contributed by atoms with E-state index in [1.807, 2.05) is 28.9 Å². The van der Waals surface area contributed by atoms with Crippen molar-refractivity contribution in [3.8, 4) is 22.8 Å². The van der Waals surface area contributed by atoms with Crippen LogP contribution in [0.25, 0.3) is 43.8 Å². The number of nitrogens with zero attached hydrogens (tertiary/aromatic N) is 6. The monoisotopic (exact) mass is 614 g/mol. The van der Waals surface area contributed by atoms with Crippen molar-refractivity contribution in [2.75, 3.05) is 33.3 Å². The molecule has 3 aromatic carbocycles. The molecule has 1 N–H and O–H groups in total. The van der Waals surface area contributed by atoms with Crippen LogP contribution < -0.4 is 4.74 Å². The number of phenolic OH excluding ortho intramolecular Hbond substituents is 1. The van der Waals surface area contributed by atoms with E-state index in [9.17, 15) is 9.90 Å². The van der Waals surface area contributed by atoms with E-state index in [-0.39, 0.29) is 45.7 Å². The van der Waals surface area contributed by atoms with Crippen LogP contribution in [0.15, 0.2) is 55.1 Å². The van der Waals surface area contributed by atoms with Crippen LogP contribution in [0, 0.1) is 5.82 Å². The summed E-state index contributed by atoms with van der Waals surface area (Å²) in [6, 6.07) is 12.5. The molecule has 44 heavy (non-hydrogen) atoms. The summed E-state index contributed by atoms with van der Waals surface area (Å²) in [5.41, 5.74) is 1.73. The number of piperidine rings is 1. The minimum absolute atomic E-state index is 0.00550. The summed E-state index contributed by atoms with van der Waals surface area (Å²) >= 11 is 6.88. The zero-order chi connectivity index (χ0) is 30.5. The Balaban J connectivity index is 1.40. The molecule has 2 fully saturated rings. The Morgan fingerprint density at radius 3 is 2.68 bits per heavy atom. The zero-order valence-corrected chi connectivity index (χ0v) is 25.1. The number of aromatic nitrogens is 4. The second-order valence-electron chi connectivity index (χ2n) is 11.7. The minimum Gasteiger partial charge on any atom is -0.508 e. The number of likely N-dealkylation sites (N-methyl/N-ethyl adjacent to an activating group) is 1. The topological polar surface area (TPSA) is 96.6 Å². The van der Waals surface area contributed by atoms with Gasteiger partial charge in [-0.1, -0.05) is 47.7 Å². The third-order valence-corrected chi connectivity index (χ3v) is 9.35. The largest absolute Gasteiger partial charge is 0.508 e. The first-order valence-corrected chi connectivity index (χ1v) is 15.2. The number of hydrogen-bond donors (Lipinski definition) is 1. The van der Waals surface area contributed by atoms with Crippen LogP contribution in [-0.2, 0) is 4.79 Å². The molecule has 1 unspecified atom stereocenters. The summed E-state index contributed by atoms with van der Waals surface area (Å²) in [5.74, 6) is -0.501. The van der Waals surface area contributed by atoms with Gasteiger partial charge in [0.2, 0.25) is 11.8 Å². The number of pyridine rings is 1. The Morgan fingerprint density at radius 1 is 1.14 bits per heavy atom. The van der Waals surface area contributed by atoms with Crippen LogP contribution in [0.2, 0.25) is 5.02 Å². The van der Waals surface area contributed by atoms with Crippen molar-refractivity contribution in [1.29, 1.82) is 0 Å². The van der Waals surface area contributed by atoms with E-state index in [2.05, 4.69) is 28.8 Å². The molecule has 1 atom stereocenters. The predicted octanol–water partition coefficient (Wildman–Crippen LogP) is 6.12. The number of aromatic hydroxyl groups is 1. The molecule has 2 saturated heterocycles. The Kier molecular flexibility index (Phi) is 7.34. The van der Waals surface area contributed by atoms with Crippen molar-refractivity contribution < 1.29 is 19.0 Å². The fraction of sp³-hybridized carbons (Fsp3) is 0.333. The van der Waals surface area contributed by atoms with E-state index in [1.165, 1.54) is 12.1 Å². The Hall–Kier alpha value is -4.28. The Bertz CT molecular complexity index is 1940. The normalized spacial score (nSPS) is 18.1. The van der Waals surface area contributed by atoms with Gasteiger partial charge in [0.05, 0.1) is 11.1 Å². The molecular weight excluding hydrogens is 583 g/mol. The first-order valence-electron chi connectivity index (χ1n) is 14.9. The lowest BCUT2D eigenvalue weighted by molar-refractivity contribution is -0.127. The second kappa shape index (κ2) is 11.3. The van der Waals surface area contributed by atoms with Gasteiger partial charge in [-0.15, -0.1) is 5.10 Å². The molecule has 0 radical (unpaired) electrons. The smallest absolute Gasteiger partial charge is 0.245 e. The van der Waals surface area contributed by atoms with E-state index in [1.54, 1.807) is 17.0 Å². The van der Waals surface area contributed by atoms with E-state index in [4.69, 9.17) is 21.3 Å². The molecule has 0 aliphatic carbocycles. The number of hydrogen-bond acceptors (Lipinski definition) is 7. The van der Waals surface area contributed by atoms with E-state index >= 15 is 4.39 Å². The van der Waals surface area contributed by atoms with Gasteiger partial charge >= 0.3 is 0 Å². The molecule has 7 rings (SSSR count). The highest BCUT2D eigenvalue weighted by atomic mass is 35.5. The lowest BCUT2D eigenvalue weighted by atomic mass is 9.96. The minimum atomic E-state index is -0.618. The second-order valence-corrected chi connectivity index (χ2v) is 12.1. The van der Waals surface area contributed by atoms with Crippen molar-refractivity contribution in [3.63, 3.8) is 0 Å². The third-order valence-electron chi connectivity index (χ3n) is 9.05. The number of halogens is 2. The van der Waals surface area contributed by atoms with Gasteiger partial charge in [0.1, 0.15) is 23.4 Å². The Labute approximate surface area is 258 Å². The van der Waals surface area contributed by atoms with E-state index in [0.717, 1.165) is 30.2 Å². The molecule has 11 heteroatoms. The SMILES string of the molecule is C=CC(=O)N1CCC(n2nnc3c(OCC4CCCN4C)nc4c(F)c(-c5cc(O)cc6ccccc56)c(Cl)cc4c32)CC1. The number of amides is 1. The maximum Gasteiger partial charge on any atom is 0.245 e. The van der Waals surface area contributed by atoms with Gasteiger partial charge in [0, 0.05) is 30.1 Å². The van der Waals surface area contributed by atoms with Gasteiger partial charge in [-0.3, -0.25) is 4.79 Å². The lowest BCUT2D eigenvalue weighted by Gasteiger charge is -2.31. The number of carbonyl (C=O) groups is 1. The van der Waals surface area contributed by atoms with Gasteiger partial charge in [-0.25, -0.2) is 14.1 Å². The van der Waals surface area contributed by atoms with E-state index < -0.39 is 5.82 Å². The molecule has 4 heterocycles. The highest BCUT2D eigenvalue weighted by Crippen LogP contribution is 2.43. The average molecular weight is 615 g/mol.